The van der Waals surface area contributed by atoms with Gasteiger partial charge in [0.25, 0.3) is 0 Å². The first-order valence-corrected chi connectivity index (χ1v) is 11.9. The quantitative estimate of drug-likeness (QED) is 0.346. The van der Waals surface area contributed by atoms with E-state index in [1.165, 1.54) is 11.6 Å². The zero-order valence-corrected chi connectivity index (χ0v) is 20.4. The first kappa shape index (κ1) is 24.5. The fourth-order valence-corrected chi connectivity index (χ4v) is 4.49. The number of aryl methyl sites for hydroxylation is 1. The van der Waals surface area contributed by atoms with Crippen molar-refractivity contribution in [2.75, 3.05) is 6.54 Å². The standard InChI is InChI=1S/C28H25F3N4O2/c1-18-6-9-25(37-17-20-7-8-22-16-34(19(2)36)13-11-21(22)15-20)23(14-18)24-4-3-5-27(33-24)35-26(10-12-32-35)28(29,30)31/h3-10,12,14-15H,11,13,16-17H2,1-2H3. The van der Waals surface area contributed by atoms with Crippen molar-refractivity contribution in [1.29, 1.82) is 0 Å². The summed E-state index contributed by atoms with van der Waals surface area (Å²) in [4.78, 5) is 18.0. The number of benzene rings is 2. The Morgan fingerprint density at radius 1 is 1.05 bits per heavy atom. The second-order valence-corrected chi connectivity index (χ2v) is 9.09. The summed E-state index contributed by atoms with van der Waals surface area (Å²) in [6.07, 6.45) is -2.65. The SMILES string of the molecule is CC(=O)N1CCc2cc(COc3ccc(C)cc3-c3cccc(-n4nccc4C(F)(F)F)n3)ccc2C1. The number of halogens is 3. The van der Waals surface area contributed by atoms with Crippen molar-refractivity contribution < 1.29 is 22.7 Å². The highest BCUT2D eigenvalue weighted by molar-refractivity contribution is 5.73. The molecule has 0 aliphatic carbocycles. The molecule has 1 aliphatic rings. The number of carbonyl (C=O) groups excluding carboxylic acids is 1. The van der Waals surface area contributed by atoms with E-state index in [9.17, 15) is 18.0 Å². The van der Waals surface area contributed by atoms with Crippen molar-refractivity contribution >= 4 is 5.91 Å². The van der Waals surface area contributed by atoms with Gasteiger partial charge >= 0.3 is 6.18 Å². The van der Waals surface area contributed by atoms with Crippen LogP contribution in [0.4, 0.5) is 13.2 Å². The number of rotatable bonds is 5. The van der Waals surface area contributed by atoms with Gasteiger partial charge in [0.2, 0.25) is 5.91 Å². The Morgan fingerprint density at radius 3 is 2.68 bits per heavy atom. The minimum atomic E-state index is -4.55. The van der Waals surface area contributed by atoms with Gasteiger partial charge in [0.05, 0.1) is 11.9 Å². The van der Waals surface area contributed by atoms with E-state index in [1.807, 2.05) is 42.2 Å². The van der Waals surface area contributed by atoms with Gasteiger partial charge in [0, 0.05) is 25.6 Å². The molecule has 0 fully saturated rings. The molecule has 3 heterocycles. The predicted octanol–water partition coefficient (Wildman–Crippen LogP) is 5.75. The van der Waals surface area contributed by atoms with E-state index >= 15 is 0 Å². The van der Waals surface area contributed by atoms with Gasteiger partial charge in [0.1, 0.15) is 18.1 Å². The molecule has 0 N–H and O–H groups in total. The van der Waals surface area contributed by atoms with Gasteiger partial charge in [-0.15, -0.1) is 0 Å². The number of alkyl halides is 3. The molecule has 1 amide bonds. The van der Waals surface area contributed by atoms with Crippen molar-refractivity contribution in [2.24, 2.45) is 0 Å². The Hall–Kier alpha value is -4.14. The maximum absolute atomic E-state index is 13.4. The fourth-order valence-electron chi connectivity index (χ4n) is 4.49. The molecule has 37 heavy (non-hydrogen) atoms. The first-order chi connectivity index (χ1) is 17.7. The van der Waals surface area contributed by atoms with E-state index < -0.39 is 11.9 Å². The molecule has 9 heteroatoms. The van der Waals surface area contributed by atoms with E-state index in [0.29, 0.717) is 36.7 Å². The number of fused-ring (bicyclic) bond motifs is 1. The van der Waals surface area contributed by atoms with Crippen LogP contribution in [0.5, 0.6) is 5.75 Å². The normalized spacial score (nSPS) is 13.4. The van der Waals surface area contributed by atoms with Crippen molar-refractivity contribution in [1.82, 2.24) is 19.7 Å². The molecule has 5 rings (SSSR count). The molecule has 0 bridgehead atoms. The third-order valence-electron chi connectivity index (χ3n) is 6.42. The summed E-state index contributed by atoms with van der Waals surface area (Å²) in [6, 6.07) is 17.6. The minimum absolute atomic E-state index is 0.0663. The second-order valence-electron chi connectivity index (χ2n) is 9.09. The number of hydrogen-bond donors (Lipinski definition) is 0. The van der Waals surface area contributed by atoms with E-state index in [2.05, 4.69) is 16.1 Å². The number of aromatic nitrogens is 3. The van der Waals surface area contributed by atoms with Crippen LogP contribution in [-0.2, 0) is 30.5 Å². The molecule has 0 saturated heterocycles. The van der Waals surface area contributed by atoms with Crippen LogP contribution in [0.1, 0.15) is 34.9 Å². The maximum atomic E-state index is 13.4. The Bertz CT molecular complexity index is 1460. The van der Waals surface area contributed by atoms with Crippen LogP contribution in [0.25, 0.3) is 17.1 Å². The summed E-state index contributed by atoms with van der Waals surface area (Å²) in [7, 11) is 0. The minimum Gasteiger partial charge on any atom is -0.488 e. The number of pyridine rings is 1. The molecule has 0 radical (unpaired) electrons. The van der Waals surface area contributed by atoms with Gasteiger partial charge in [-0.3, -0.25) is 4.79 Å². The lowest BCUT2D eigenvalue weighted by Gasteiger charge is -2.28. The number of carbonyl (C=O) groups is 1. The molecular formula is C28H25F3N4O2. The summed E-state index contributed by atoms with van der Waals surface area (Å²) in [6.45, 7) is 5.14. The van der Waals surface area contributed by atoms with E-state index in [1.54, 1.807) is 19.1 Å². The van der Waals surface area contributed by atoms with E-state index in [0.717, 1.165) is 40.1 Å². The van der Waals surface area contributed by atoms with Crippen molar-refractivity contribution in [2.45, 2.75) is 39.6 Å². The molecule has 1 aliphatic heterocycles. The lowest BCUT2D eigenvalue weighted by Crippen LogP contribution is -2.34. The summed E-state index contributed by atoms with van der Waals surface area (Å²) in [5.41, 5.74) is 4.57. The Morgan fingerprint density at radius 2 is 1.89 bits per heavy atom. The third-order valence-corrected chi connectivity index (χ3v) is 6.42. The zero-order chi connectivity index (χ0) is 26.2. The first-order valence-electron chi connectivity index (χ1n) is 11.9. The van der Waals surface area contributed by atoms with Crippen molar-refractivity contribution in [3.8, 4) is 22.8 Å². The number of nitrogens with zero attached hydrogens (tertiary/aromatic N) is 4. The Balaban J connectivity index is 1.40. The van der Waals surface area contributed by atoms with E-state index in [-0.39, 0.29) is 11.7 Å². The highest BCUT2D eigenvalue weighted by Crippen LogP contribution is 2.33. The van der Waals surface area contributed by atoms with Gasteiger partial charge in [-0.1, -0.05) is 35.9 Å². The van der Waals surface area contributed by atoms with Crippen LogP contribution >= 0.6 is 0 Å². The topological polar surface area (TPSA) is 60.2 Å². The molecular weight excluding hydrogens is 481 g/mol. The summed E-state index contributed by atoms with van der Waals surface area (Å²) < 4.78 is 47.2. The fraction of sp³-hybridized carbons (Fsp3) is 0.250. The molecule has 4 aromatic rings. The van der Waals surface area contributed by atoms with Crippen LogP contribution in [0.3, 0.4) is 0 Å². The maximum Gasteiger partial charge on any atom is 0.433 e. The summed E-state index contributed by atoms with van der Waals surface area (Å²) in [5, 5.41) is 3.83. The predicted molar refractivity (Wildman–Crippen MR) is 132 cm³/mol. The van der Waals surface area contributed by atoms with Crippen LogP contribution in [0.2, 0.25) is 0 Å². The second kappa shape index (κ2) is 9.72. The molecule has 0 saturated carbocycles. The van der Waals surface area contributed by atoms with Gasteiger partial charge in [0.15, 0.2) is 5.82 Å². The largest absolute Gasteiger partial charge is 0.488 e. The molecule has 2 aromatic carbocycles. The highest BCUT2D eigenvalue weighted by Gasteiger charge is 2.35. The van der Waals surface area contributed by atoms with Crippen molar-refractivity contribution in [3.05, 3.63) is 94.8 Å². The Kier molecular flexibility index (Phi) is 6.45. The van der Waals surface area contributed by atoms with E-state index in [4.69, 9.17) is 4.74 Å². The van der Waals surface area contributed by atoms with Gasteiger partial charge < -0.3 is 9.64 Å². The summed E-state index contributed by atoms with van der Waals surface area (Å²) in [5.74, 6) is 0.716. The number of amides is 1. The van der Waals surface area contributed by atoms with Crippen LogP contribution < -0.4 is 4.74 Å². The molecule has 6 nitrogen and oxygen atoms in total. The average Bonchev–Trinajstić information content (AvgIpc) is 3.39. The molecule has 0 unspecified atom stereocenters. The average molecular weight is 507 g/mol. The molecule has 2 aromatic heterocycles. The summed E-state index contributed by atoms with van der Waals surface area (Å²) >= 11 is 0. The van der Waals surface area contributed by atoms with Gasteiger partial charge in [-0.05, 0) is 60.4 Å². The Labute approximate surface area is 212 Å². The highest BCUT2D eigenvalue weighted by atomic mass is 19.4. The lowest BCUT2D eigenvalue weighted by molar-refractivity contribution is -0.142. The third kappa shape index (κ3) is 5.21. The monoisotopic (exact) mass is 506 g/mol. The van der Waals surface area contributed by atoms with Crippen LogP contribution in [0.15, 0.2) is 66.9 Å². The number of ether oxygens (including phenoxy) is 1. The van der Waals surface area contributed by atoms with Gasteiger partial charge in [-0.2, -0.15) is 18.3 Å². The van der Waals surface area contributed by atoms with Crippen LogP contribution in [0, 0.1) is 6.92 Å². The number of hydrogen-bond acceptors (Lipinski definition) is 4. The molecule has 0 spiro atoms. The smallest absolute Gasteiger partial charge is 0.433 e. The molecule has 0 atom stereocenters. The van der Waals surface area contributed by atoms with Gasteiger partial charge in [-0.25, -0.2) is 9.67 Å². The molecule has 190 valence electrons. The van der Waals surface area contributed by atoms with Crippen molar-refractivity contribution in [3.63, 3.8) is 0 Å². The zero-order valence-electron chi connectivity index (χ0n) is 20.4. The van der Waals surface area contributed by atoms with Crippen LogP contribution in [-0.4, -0.2) is 32.1 Å². The lowest BCUT2D eigenvalue weighted by atomic mass is 9.97.